The Labute approximate surface area is 219 Å². The van der Waals surface area contributed by atoms with Gasteiger partial charge in [-0.2, -0.15) is 0 Å². The highest BCUT2D eigenvalue weighted by molar-refractivity contribution is 9.10. The van der Waals surface area contributed by atoms with E-state index in [-0.39, 0.29) is 11.3 Å². The van der Waals surface area contributed by atoms with E-state index in [9.17, 15) is 14.7 Å². The van der Waals surface area contributed by atoms with Gasteiger partial charge in [0.15, 0.2) is 0 Å². The molecular weight excluding hydrogens is 520 g/mol. The second-order valence-electron chi connectivity index (χ2n) is 9.04. The Kier molecular flexibility index (Phi) is 7.50. The number of likely N-dealkylation sites (tertiary alicyclic amines) is 1. The summed E-state index contributed by atoms with van der Waals surface area (Å²) in [6.07, 6.45) is 0.556. The molecule has 1 heterocycles. The minimum absolute atomic E-state index is 0.106. The molecule has 0 radical (unpaired) electrons. The van der Waals surface area contributed by atoms with Crippen molar-refractivity contribution >= 4 is 39.1 Å². The topological polar surface area (TPSA) is 70.1 Å². The SMILES string of the molecule is COc1ccc(CCN2C(=O)C(=O)/C(=C(\O)c3ccc(Br)c(C)c3)C2c2ccc(N(C)C)cc2)cc1. The highest BCUT2D eigenvalue weighted by Crippen LogP contribution is 2.40. The Balaban J connectivity index is 1.76. The summed E-state index contributed by atoms with van der Waals surface area (Å²) in [5, 5.41) is 11.3. The maximum atomic E-state index is 13.3. The van der Waals surface area contributed by atoms with E-state index in [1.54, 1.807) is 24.1 Å². The fraction of sp³-hybridized carbons (Fsp3) is 0.241. The van der Waals surface area contributed by atoms with Crippen molar-refractivity contribution in [3.63, 3.8) is 0 Å². The molecule has 4 rings (SSSR count). The van der Waals surface area contributed by atoms with Crippen LogP contribution in [0.2, 0.25) is 0 Å². The molecule has 1 saturated heterocycles. The molecule has 1 unspecified atom stereocenters. The van der Waals surface area contributed by atoms with E-state index in [1.165, 1.54) is 0 Å². The molecule has 1 fully saturated rings. The van der Waals surface area contributed by atoms with Gasteiger partial charge in [0.1, 0.15) is 11.5 Å². The molecule has 1 amide bonds. The van der Waals surface area contributed by atoms with Crippen molar-refractivity contribution in [1.82, 2.24) is 4.90 Å². The number of Topliss-reactive ketones (excluding diaryl/α,β-unsaturated/α-hetero) is 1. The molecule has 36 heavy (non-hydrogen) atoms. The number of aryl methyl sites for hydroxylation is 1. The first-order valence-corrected chi connectivity index (χ1v) is 12.5. The number of hydrogen-bond donors (Lipinski definition) is 1. The molecule has 0 spiro atoms. The number of methoxy groups -OCH3 is 1. The number of ketones is 1. The Morgan fingerprint density at radius 3 is 2.28 bits per heavy atom. The number of halogens is 1. The van der Waals surface area contributed by atoms with Crippen LogP contribution in [0.1, 0.15) is 28.3 Å². The van der Waals surface area contributed by atoms with Crippen molar-refractivity contribution in [2.24, 2.45) is 0 Å². The number of aliphatic hydroxyl groups excluding tert-OH is 1. The third-order valence-electron chi connectivity index (χ3n) is 6.50. The quantitative estimate of drug-likeness (QED) is 0.240. The van der Waals surface area contributed by atoms with E-state index in [1.807, 2.05) is 80.5 Å². The predicted octanol–water partition coefficient (Wildman–Crippen LogP) is 5.50. The van der Waals surface area contributed by atoms with E-state index in [2.05, 4.69) is 15.9 Å². The summed E-state index contributed by atoms with van der Waals surface area (Å²) in [6, 6.07) is 20.0. The van der Waals surface area contributed by atoms with Gasteiger partial charge in [-0.15, -0.1) is 0 Å². The molecule has 0 bridgehead atoms. The highest BCUT2D eigenvalue weighted by Gasteiger charge is 2.45. The number of anilines is 1. The fourth-order valence-electron chi connectivity index (χ4n) is 4.40. The number of carbonyl (C=O) groups is 2. The van der Waals surface area contributed by atoms with Crippen LogP contribution in [-0.4, -0.2) is 49.4 Å². The maximum absolute atomic E-state index is 13.3. The highest BCUT2D eigenvalue weighted by atomic mass is 79.9. The normalized spacial score (nSPS) is 16.9. The van der Waals surface area contributed by atoms with Crippen molar-refractivity contribution < 1.29 is 19.4 Å². The fourth-order valence-corrected chi connectivity index (χ4v) is 4.65. The summed E-state index contributed by atoms with van der Waals surface area (Å²) in [7, 11) is 5.51. The van der Waals surface area contributed by atoms with E-state index < -0.39 is 17.7 Å². The minimum Gasteiger partial charge on any atom is -0.507 e. The van der Waals surface area contributed by atoms with Crippen LogP contribution >= 0.6 is 15.9 Å². The van der Waals surface area contributed by atoms with Gasteiger partial charge in [-0.05, 0) is 66.4 Å². The lowest BCUT2D eigenvalue weighted by Gasteiger charge is -2.26. The summed E-state index contributed by atoms with van der Waals surface area (Å²) < 4.78 is 6.13. The second kappa shape index (κ2) is 10.6. The van der Waals surface area contributed by atoms with Crippen molar-refractivity contribution in [2.45, 2.75) is 19.4 Å². The zero-order chi connectivity index (χ0) is 26.0. The van der Waals surface area contributed by atoms with Crippen LogP contribution in [0.5, 0.6) is 5.75 Å². The predicted molar refractivity (Wildman–Crippen MR) is 145 cm³/mol. The molecule has 3 aromatic rings. The van der Waals surface area contributed by atoms with Gasteiger partial charge in [-0.25, -0.2) is 0 Å². The van der Waals surface area contributed by atoms with Gasteiger partial charge in [-0.1, -0.05) is 46.3 Å². The smallest absolute Gasteiger partial charge is 0.295 e. The molecule has 186 valence electrons. The third kappa shape index (κ3) is 5.02. The van der Waals surface area contributed by atoms with Gasteiger partial charge >= 0.3 is 0 Å². The van der Waals surface area contributed by atoms with Crippen LogP contribution in [0.25, 0.3) is 5.76 Å². The number of benzene rings is 3. The largest absolute Gasteiger partial charge is 0.507 e. The van der Waals surface area contributed by atoms with Crippen LogP contribution in [0.4, 0.5) is 5.69 Å². The molecule has 0 aromatic heterocycles. The molecule has 7 heteroatoms. The van der Waals surface area contributed by atoms with Crippen LogP contribution in [-0.2, 0) is 16.0 Å². The van der Waals surface area contributed by atoms with E-state index in [4.69, 9.17) is 4.74 Å². The Morgan fingerprint density at radius 2 is 1.69 bits per heavy atom. The number of hydrogen-bond acceptors (Lipinski definition) is 5. The summed E-state index contributed by atoms with van der Waals surface area (Å²) in [6.45, 7) is 2.24. The summed E-state index contributed by atoms with van der Waals surface area (Å²) in [5.41, 5.74) is 4.30. The zero-order valence-corrected chi connectivity index (χ0v) is 22.4. The molecular formula is C29H29BrN2O4. The van der Waals surface area contributed by atoms with Gasteiger partial charge in [0, 0.05) is 36.4 Å². The van der Waals surface area contributed by atoms with Crippen LogP contribution in [0.15, 0.2) is 76.8 Å². The molecule has 6 nitrogen and oxygen atoms in total. The van der Waals surface area contributed by atoms with Gasteiger partial charge in [0.2, 0.25) is 0 Å². The van der Waals surface area contributed by atoms with Crippen molar-refractivity contribution in [3.8, 4) is 5.75 Å². The molecule has 1 N–H and O–H groups in total. The molecule has 3 aromatic carbocycles. The first-order valence-electron chi connectivity index (χ1n) is 11.7. The van der Waals surface area contributed by atoms with E-state index >= 15 is 0 Å². The lowest BCUT2D eigenvalue weighted by atomic mass is 9.94. The Morgan fingerprint density at radius 1 is 1.03 bits per heavy atom. The van der Waals surface area contributed by atoms with Gasteiger partial charge < -0.3 is 19.6 Å². The number of aliphatic hydroxyl groups is 1. The molecule has 0 aliphatic carbocycles. The minimum atomic E-state index is -0.691. The number of carbonyl (C=O) groups excluding carboxylic acids is 2. The standard InChI is InChI=1S/C29H29BrN2O4/c1-18-17-21(9-14-24(18)30)27(33)25-26(20-7-10-22(11-8-20)31(2)3)32(29(35)28(25)34)16-15-19-5-12-23(36-4)13-6-19/h5-14,17,26,33H,15-16H2,1-4H3/b27-25-. The molecule has 1 aliphatic rings. The molecule has 1 aliphatic heterocycles. The molecule has 1 atom stereocenters. The maximum Gasteiger partial charge on any atom is 0.295 e. The zero-order valence-electron chi connectivity index (χ0n) is 20.8. The summed E-state index contributed by atoms with van der Waals surface area (Å²) in [5.74, 6) is -0.701. The average molecular weight is 549 g/mol. The summed E-state index contributed by atoms with van der Waals surface area (Å²) >= 11 is 3.47. The van der Waals surface area contributed by atoms with Gasteiger partial charge in [-0.3, -0.25) is 9.59 Å². The average Bonchev–Trinajstić information content (AvgIpc) is 3.13. The lowest BCUT2D eigenvalue weighted by molar-refractivity contribution is -0.139. The van der Waals surface area contributed by atoms with Gasteiger partial charge in [0.25, 0.3) is 11.7 Å². The monoisotopic (exact) mass is 548 g/mol. The number of ether oxygens (including phenoxy) is 1. The van der Waals surface area contributed by atoms with Crippen LogP contribution in [0.3, 0.4) is 0 Å². The number of nitrogens with zero attached hydrogens (tertiary/aromatic N) is 2. The molecule has 0 saturated carbocycles. The van der Waals surface area contributed by atoms with Crippen LogP contribution < -0.4 is 9.64 Å². The van der Waals surface area contributed by atoms with Crippen molar-refractivity contribution in [3.05, 3.63) is 99.0 Å². The van der Waals surface area contributed by atoms with Crippen molar-refractivity contribution in [1.29, 1.82) is 0 Å². The van der Waals surface area contributed by atoms with Crippen molar-refractivity contribution in [2.75, 3.05) is 32.6 Å². The number of rotatable bonds is 7. The van der Waals surface area contributed by atoms with Gasteiger partial charge in [0.05, 0.1) is 18.7 Å². The Hall–Kier alpha value is -3.58. The second-order valence-corrected chi connectivity index (χ2v) is 9.89. The number of amides is 1. The first kappa shape index (κ1) is 25.5. The third-order valence-corrected chi connectivity index (χ3v) is 7.39. The van der Waals surface area contributed by atoms with E-state index in [0.717, 1.165) is 32.6 Å². The summed E-state index contributed by atoms with van der Waals surface area (Å²) in [4.78, 5) is 30.1. The Bertz CT molecular complexity index is 1310. The van der Waals surface area contributed by atoms with E-state index in [0.29, 0.717) is 18.5 Å². The van der Waals surface area contributed by atoms with Crippen LogP contribution in [0, 0.1) is 6.92 Å². The first-order chi connectivity index (χ1) is 17.2. The lowest BCUT2D eigenvalue weighted by Crippen LogP contribution is -2.31.